The maximum atomic E-state index is 12.2. The highest BCUT2D eigenvalue weighted by Crippen LogP contribution is 2.16. The van der Waals surface area contributed by atoms with E-state index in [4.69, 9.17) is 5.26 Å². The topological polar surface area (TPSA) is 108 Å². The Kier molecular flexibility index (Phi) is 7.43. The molecule has 0 saturated heterocycles. The Hall–Kier alpha value is -3.03. The van der Waals surface area contributed by atoms with Gasteiger partial charge in [0.25, 0.3) is 5.91 Å². The Morgan fingerprint density at radius 1 is 1.18 bits per heavy atom. The van der Waals surface area contributed by atoms with Gasteiger partial charge < -0.3 is 10.1 Å². The fourth-order valence-electron chi connectivity index (χ4n) is 2.23. The van der Waals surface area contributed by atoms with Gasteiger partial charge in [-0.05, 0) is 42.0 Å². The number of sulfonamides is 1. The van der Waals surface area contributed by atoms with E-state index in [9.17, 15) is 22.0 Å². The van der Waals surface area contributed by atoms with E-state index in [0.29, 0.717) is 5.56 Å². The lowest BCUT2D eigenvalue weighted by atomic mass is 10.2. The second-order valence-corrected chi connectivity index (χ2v) is 7.31. The van der Waals surface area contributed by atoms with Crippen molar-refractivity contribution in [2.24, 2.45) is 0 Å². The van der Waals surface area contributed by atoms with Crippen LogP contribution in [0.15, 0.2) is 53.4 Å². The fraction of sp³-hybridized carbons (Fsp3) is 0.222. The molecular formula is C18H17F2N3O4S. The Morgan fingerprint density at radius 2 is 1.89 bits per heavy atom. The molecule has 0 aliphatic carbocycles. The minimum absolute atomic E-state index is 0.00456. The van der Waals surface area contributed by atoms with Crippen molar-refractivity contribution in [3.63, 3.8) is 0 Å². The van der Waals surface area contributed by atoms with Crippen molar-refractivity contribution in [2.75, 3.05) is 6.54 Å². The van der Waals surface area contributed by atoms with Gasteiger partial charge in [-0.1, -0.05) is 12.1 Å². The van der Waals surface area contributed by atoms with Gasteiger partial charge >= 0.3 is 6.61 Å². The summed E-state index contributed by atoms with van der Waals surface area (Å²) in [5.74, 6) is -0.471. The first kappa shape index (κ1) is 21.3. The van der Waals surface area contributed by atoms with Crippen LogP contribution in [-0.4, -0.2) is 27.5 Å². The Balaban J connectivity index is 1.97. The van der Waals surface area contributed by atoms with Gasteiger partial charge in [0.15, 0.2) is 0 Å². The van der Waals surface area contributed by atoms with Gasteiger partial charge in [0.1, 0.15) is 5.75 Å². The normalized spacial score (nSPS) is 11.1. The van der Waals surface area contributed by atoms with Gasteiger partial charge in [-0.3, -0.25) is 4.79 Å². The highest BCUT2D eigenvalue weighted by molar-refractivity contribution is 7.89. The van der Waals surface area contributed by atoms with Crippen LogP contribution in [0.1, 0.15) is 22.3 Å². The number of alkyl halides is 2. The van der Waals surface area contributed by atoms with Crippen molar-refractivity contribution in [3.05, 3.63) is 59.7 Å². The van der Waals surface area contributed by atoms with Crippen LogP contribution in [0.3, 0.4) is 0 Å². The quantitative estimate of drug-likeness (QED) is 0.619. The highest BCUT2D eigenvalue weighted by Gasteiger charge is 2.14. The minimum Gasteiger partial charge on any atom is -0.435 e. The second-order valence-electron chi connectivity index (χ2n) is 5.54. The summed E-state index contributed by atoms with van der Waals surface area (Å²) >= 11 is 0. The number of rotatable bonds is 9. The molecule has 2 aromatic rings. The zero-order valence-corrected chi connectivity index (χ0v) is 15.4. The van der Waals surface area contributed by atoms with Crippen LogP contribution < -0.4 is 14.8 Å². The number of carbonyl (C=O) groups excluding carboxylic acids is 1. The lowest BCUT2D eigenvalue weighted by Crippen LogP contribution is -2.25. The van der Waals surface area contributed by atoms with Crippen LogP contribution in [0.5, 0.6) is 5.75 Å². The number of nitrogens with zero attached hydrogens (tertiary/aromatic N) is 1. The Bertz CT molecular complexity index is 958. The molecular weight excluding hydrogens is 392 g/mol. The molecule has 7 nitrogen and oxygen atoms in total. The summed E-state index contributed by atoms with van der Waals surface area (Å²) in [5.41, 5.74) is 0.795. The Labute approximate surface area is 161 Å². The number of nitrogens with one attached hydrogen (secondary N) is 2. The van der Waals surface area contributed by atoms with Crippen LogP contribution in [0, 0.1) is 11.3 Å². The minimum atomic E-state index is -3.75. The Morgan fingerprint density at radius 3 is 2.54 bits per heavy atom. The van der Waals surface area contributed by atoms with Gasteiger partial charge in [0.2, 0.25) is 10.0 Å². The van der Waals surface area contributed by atoms with E-state index in [1.807, 2.05) is 6.07 Å². The maximum Gasteiger partial charge on any atom is 0.387 e. The fourth-order valence-corrected chi connectivity index (χ4v) is 3.26. The van der Waals surface area contributed by atoms with E-state index >= 15 is 0 Å². The van der Waals surface area contributed by atoms with Crippen LogP contribution >= 0.6 is 0 Å². The van der Waals surface area contributed by atoms with Crippen LogP contribution in [0.2, 0.25) is 0 Å². The largest absolute Gasteiger partial charge is 0.435 e. The predicted molar refractivity (Wildman–Crippen MR) is 96.1 cm³/mol. The lowest BCUT2D eigenvalue weighted by Gasteiger charge is -2.09. The first-order valence-corrected chi connectivity index (χ1v) is 9.59. The average Bonchev–Trinajstić information content (AvgIpc) is 2.66. The molecule has 0 aromatic heterocycles. The van der Waals surface area contributed by atoms with E-state index in [1.54, 1.807) is 6.07 Å². The molecule has 2 rings (SSSR count). The predicted octanol–water partition coefficient (Wildman–Crippen LogP) is 2.41. The molecule has 0 saturated carbocycles. The molecule has 2 N–H and O–H groups in total. The molecule has 1 amide bonds. The number of amides is 1. The summed E-state index contributed by atoms with van der Waals surface area (Å²) in [7, 11) is -3.75. The van der Waals surface area contributed by atoms with Gasteiger partial charge in [-0.15, -0.1) is 0 Å². The van der Waals surface area contributed by atoms with E-state index in [1.165, 1.54) is 42.5 Å². The zero-order chi connectivity index (χ0) is 20.6. The molecule has 0 aliphatic rings. The van der Waals surface area contributed by atoms with E-state index in [-0.39, 0.29) is 35.7 Å². The molecule has 0 bridgehead atoms. The van der Waals surface area contributed by atoms with Crippen molar-refractivity contribution >= 4 is 15.9 Å². The van der Waals surface area contributed by atoms with E-state index < -0.39 is 22.5 Å². The van der Waals surface area contributed by atoms with Crippen molar-refractivity contribution in [1.82, 2.24) is 10.0 Å². The standard InChI is InChI=1S/C18H17F2N3O4S/c19-18(20)27-15-4-1-3-13(11-15)12-22-17(24)14-5-7-16(8-6-14)28(25,26)23-10-2-9-21/h1,3-8,11,18,23H,2,10,12H2,(H,22,24). The van der Waals surface area contributed by atoms with Gasteiger partial charge in [-0.25, -0.2) is 13.1 Å². The van der Waals surface area contributed by atoms with Crippen LogP contribution in [-0.2, 0) is 16.6 Å². The smallest absolute Gasteiger partial charge is 0.387 e. The molecule has 28 heavy (non-hydrogen) atoms. The molecule has 0 heterocycles. The summed E-state index contributed by atoms with van der Waals surface area (Å²) in [6.45, 7) is -2.86. The molecule has 0 unspecified atom stereocenters. The maximum absolute atomic E-state index is 12.2. The molecule has 0 aliphatic heterocycles. The van der Waals surface area contributed by atoms with Crippen molar-refractivity contribution in [3.8, 4) is 11.8 Å². The molecule has 10 heteroatoms. The van der Waals surface area contributed by atoms with Crippen molar-refractivity contribution in [1.29, 1.82) is 5.26 Å². The molecule has 0 atom stereocenters. The summed E-state index contributed by atoms with van der Waals surface area (Å²) in [6, 6.07) is 13.0. The average molecular weight is 409 g/mol. The third-order valence-corrected chi connectivity index (χ3v) is 5.01. The molecule has 0 fully saturated rings. The van der Waals surface area contributed by atoms with Crippen molar-refractivity contribution < 1.29 is 26.7 Å². The van der Waals surface area contributed by atoms with Gasteiger partial charge in [0, 0.05) is 25.1 Å². The van der Waals surface area contributed by atoms with E-state index in [0.717, 1.165) is 0 Å². The van der Waals surface area contributed by atoms with Crippen molar-refractivity contribution in [2.45, 2.75) is 24.5 Å². The summed E-state index contributed by atoms with van der Waals surface area (Å²) < 4.78 is 55.1. The number of halogens is 2. The second kappa shape index (κ2) is 9.77. The first-order valence-electron chi connectivity index (χ1n) is 8.10. The molecule has 0 spiro atoms. The summed E-state index contributed by atoms with van der Waals surface area (Å²) in [5, 5.41) is 11.1. The molecule has 148 valence electrons. The zero-order valence-electron chi connectivity index (χ0n) is 14.6. The van der Waals surface area contributed by atoms with Gasteiger partial charge in [-0.2, -0.15) is 14.0 Å². The third-order valence-electron chi connectivity index (χ3n) is 3.53. The summed E-state index contributed by atoms with van der Waals surface area (Å²) in [4.78, 5) is 12.2. The SMILES string of the molecule is N#CCCNS(=O)(=O)c1ccc(C(=O)NCc2cccc(OC(F)F)c2)cc1. The summed E-state index contributed by atoms with van der Waals surface area (Å²) in [6.07, 6.45) is 0.0449. The monoisotopic (exact) mass is 409 g/mol. The molecule has 0 radical (unpaired) electrons. The number of carbonyl (C=O) groups is 1. The highest BCUT2D eigenvalue weighted by atomic mass is 32.2. The van der Waals surface area contributed by atoms with Gasteiger partial charge in [0.05, 0.1) is 11.0 Å². The van der Waals surface area contributed by atoms with Crippen LogP contribution in [0.25, 0.3) is 0 Å². The number of benzene rings is 2. The number of hydrogen-bond acceptors (Lipinski definition) is 5. The lowest BCUT2D eigenvalue weighted by molar-refractivity contribution is -0.0498. The molecule has 2 aromatic carbocycles. The third kappa shape index (κ3) is 6.29. The number of hydrogen-bond donors (Lipinski definition) is 2. The van der Waals surface area contributed by atoms with E-state index in [2.05, 4.69) is 14.8 Å². The first-order chi connectivity index (χ1) is 13.3. The number of nitriles is 1. The number of ether oxygens (including phenoxy) is 1. The van der Waals surface area contributed by atoms with Crippen LogP contribution in [0.4, 0.5) is 8.78 Å².